The molecule has 0 atom stereocenters. The lowest BCUT2D eigenvalue weighted by Gasteiger charge is -2.38. The van der Waals surface area contributed by atoms with Crippen molar-refractivity contribution in [2.24, 2.45) is 7.05 Å². The summed E-state index contributed by atoms with van der Waals surface area (Å²) in [4.78, 5) is 21.7. The van der Waals surface area contributed by atoms with Crippen LogP contribution in [0.5, 0.6) is 0 Å². The molecule has 4 aromatic rings. The van der Waals surface area contributed by atoms with Crippen LogP contribution in [0.25, 0.3) is 10.9 Å². The number of piperidine rings is 1. The summed E-state index contributed by atoms with van der Waals surface area (Å²) in [5.74, 6) is -0.481. The molecule has 0 spiro atoms. The highest BCUT2D eigenvalue weighted by atomic mass is 19.1. The molecule has 1 fully saturated rings. The van der Waals surface area contributed by atoms with Crippen LogP contribution >= 0.6 is 0 Å². The molecular weight excluding hydrogens is 415 g/mol. The van der Waals surface area contributed by atoms with Crippen molar-refractivity contribution in [3.05, 3.63) is 96.2 Å². The molecule has 1 aliphatic rings. The summed E-state index contributed by atoms with van der Waals surface area (Å²) in [5.41, 5.74) is 3.63. The number of likely N-dealkylation sites (tertiary alicyclic amines) is 1. The van der Waals surface area contributed by atoms with Gasteiger partial charge in [0.25, 0.3) is 5.91 Å². The molecule has 0 saturated carbocycles. The van der Waals surface area contributed by atoms with Gasteiger partial charge in [0, 0.05) is 62.0 Å². The van der Waals surface area contributed by atoms with E-state index in [1.165, 1.54) is 28.7 Å². The average molecular weight is 443 g/mol. The van der Waals surface area contributed by atoms with E-state index in [1.807, 2.05) is 0 Å². The van der Waals surface area contributed by atoms with Gasteiger partial charge in [-0.3, -0.25) is 14.7 Å². The van der Waals surface area contributed by atoms with Crippen molar-refractivity contribution >= 4 is 22.5 Å². The third kappa shape index (κ3) is 4.39. The van der Waals surface area contributed by atoms with Crippen molar-refractivity contribution < 1.29 is 9.18 Å². The van der Waals surface area contributed by atoms with Gasteiger partial charge in [-0.2, -0.15) is 0 Å². The quantitative estimate of drug-likeness (QED) is 0.436. The molecule has 0 unspecified atom stereocenters. The number of aromatic nitrogens is 2. The zero-order valence-electron chi connectivity index (χ0n) is 18.7. The topological polar surface area (TPSA) is 41.4 Å². The summed E-state index contributed by atoms with van der Waals surface area (Å²) in [6.45, 7) is 2.62. The van der Waals surface area contributed by atoms with Crippen molar-refractivity contribution in [2.75, 3.05) is 18.0 Å². The van der Waals surface area contributed by atoms with E-state index in [9.17, 15) is 9.18 Å². The highest BCUT2D eigenvalue weighted by Crippen LogP contribution is 2.28. The van der Waals surface area contributed by atoms with Crippen LogP contribution in [0.4, 0.5) is 10.1 Å². The van der Waals surface area contributed by atoms with Gasteiger partial charge in [0.15, 0.2) is 0 Å². The van der Waals surface area contributed by atoms with Gasteiger partial charge >= 0.3 is 0 Å². The summed E-state index contributed by atoms with van der Waals surface area (Å²) in [6, 6.07) is 20.5. The molecule has 168 valence electrons. The van der Waals surface area contributed by atoms with E-state index in [1.54, 1.807) is 41.6 Å². The van der Waals surface area contributed by atoms with Crippen LogP contribution in [0, 0.1) is 5.82 Å². The van der Waals surface area contributed by atoms with Crippen LogP contribution in [0.3, 0.4) is 0 Å². The number of anilines is 1. The number of para-hydroxylation sites is 1. The number of nitrogens with zero attached hydrogens (tertiary/aromatic N) is 4. The van der Waals surface area contributed by atoms with Crippen molar-refractivity contribution in [1.82, 2.24) is 14.5 Å². The van der Waals surface area contributed by atoms with Crippen molar-refractivity contribution in [3.8, 4) is 0 Å². The summed E-state index contributed by atoms with van der Waals surface area (Å²) in [7, 11) is 2.11. The van der Waals surface area contributed by atoms with Crippen LogP contribution in [-0.2, 0) is 13.6 Å². The van der Waals surface area contributed by atoms with Gasteiger partial charge in [-0.1, -0.05) is 24.3 Å². The fourth-order valence-electron chi connectivity index (χ4n) is 4.81. The number of carbonyl (C=O) groups excluding carboxylic acids is 1. The molecule has 1 aliphatic heterocycles. The van der Waals surface area contributed by atoms with E-state index in [0.717, 1.165) is 32.5 Å². The fourth-order valence-corrected chi connectivity index (χ4v) is 4.81. The van der Waals surface area contributed by atoms with Gasteiger partial charge in [-0.15, -0.1) is 0 Å². The number of rotatable bonds is 5. The Morgan fingerprint density at radius 2 is 1.88 bits per heavy atom. The van der Waals surface area contributed by atoms with Gasteiger partial charge in [-0.05, 0) is 60.7 Å². The maximum absolute atomic E-state index is 14.0. The molecule has 0 radical (unpaired) electrons. The molecule has 5 nitrogen and oxygen atoms in total. The van der Waals surface area contributed by atoms with Crippen LogP contribution in [0.2, 0.25) is 0 Å². The minimum absolute atomic E-state index is 0.00300. The van der Waals surface area contributed by atoms with E-state index in [4.69, 9.17) is 0 Å². The van der Waals surface area contributed by atoms with E-state index in [2.05, 4.69) is 51.8 Å². The minimum atomic E-state index is -0.343. The van der Waals surface area contributed by atoms with Crippen LogP contribution in [0.15, 0.2) is 79.1 Å². The standard InChI is InChI=1S/C27H27FN4O/c1-30-25(16-20-6-2-3-10-26(20)30)19-31-14-11-23(12-15-31)32(24-9-4-8-22(28)17-24)27(33)21-7-5-13-29-18-21/h2-10,13,16-18,23H,11-12,14-15,19H2,1H3. The Kier molecular flexibility index (Phi) is 5.92. The summed E-state index contributed by atoms with van der Waals surface area (Å²) < 4.78 is 16.3. The minimum Gasteiger partial charge on any atom is -0.346 e. The third-order valence-electron chi connectivity index (χ3n) is 6.57. The lowest BCUT2D eigenvalue weighted by atomic mass is 10.0. The largest absolute Gasteiger partial charge is 0.346 e. The molecular formula is C27H27FN4O. The number of hydrogen-bond acceptors (Lipinski definition) is 3. The molecule has 0 bridgehead atoms. The maximum atomic E-state index is 14.0. The first-order valence-electron chi connectivity index (χ1n) is 11.3. The number of amides is 1. The first-order valence-corrected chi connectivity index (χ1v) is 11.3. The first-order chi connectivity index (χ1) is 16.1. The van der Waals surface area contributed by atoms with E-state index >= 15 is 0 Å². The second kappa shape index (κ2) is 9.16. The summed E-state index contributed by atoms with van der Waals surface area (Å²) in [6.07, 6.45) is 4.87. The average Bonchev–Trinajstić information content (AvgIpc) is 3.16. The van der Waals surface area contributed by atoms with Crippen molar-refractivity contribution in [2.45, 2.75) is 25.4 Å². The van der Waals surface area contributed by atoms with E-state index < -0.39 is 0 Å². The maximum Gasteiger partial charge on any atom is 0.260 e. The Morgan fingerprint density at radius 3 is 2.61 bits per heavy atom. The second-order valence-corrected chi connectivity index (χ2v) is 8.66. The van der Waals surface area contributed by atoms with Gasteiger partial charge in [0.1, 0.15) is 5.82 Å². The van der Waals surface area contributed by atoms with Gasteiger partial charge < -0.3 is 9.47 Å². The number of halogens is 1. The van der Waals surface area contributed by atoms with Gasteiger partial charge in [0.05, 0.1) is 5.56 Å². The van der Waals surface area contributed by atoms with E-state index in [0.29, 0.717) is 11.3 Å². The van der Waals surface area contributed by atoms with Crippen LogP contribution < -0.4 is 4.90 Å². The van der Waals surface area contributed by atoms with E-state index in [-0.39, 0.29) is 17.8 Å². The van der Waals surface area contributed by atoms with Crippen molar-refractivity contribution in [3.63, 3.8) is 0 Å². The van der Waals surface area contributed by atoms with Crippen LogP contribution in [0.1, 0.15) is 28.9 Å². The Labute approximate surface area is 193 Å². The zero-order chi connectivity index (χ0) is 22.8. The first kappa shape index (κ1) is 21.3. The predicted molar refractivity (Wildman–Crippen MR) is 129 cm³/mol. The molecule has 1 amide bonds. The highest BCUT2D eigenvalue weighted by molar-refractivity contribution is 6.06. The predicted octanol–water partition coefficient (Wildman–Crippen LogP) is 5.02. The number of carbonyl (C=O) groups is 1. The number of hydrogen-bond donors (Lipinski definition) is 0. The second-order valence-electron chi connectivity index (χ2n) is 8.66. The number of fused-ring (bicyclic) bond motifs is 1. The summed E-state index contributed by atoms with van der Waals surface area (Å²) >= 11 is 0. The van der Waals surface area contributed by atoms with Crippen LogP contribution in [-0.4, -0.2) is 39.5 Å². The van der Waals surface area contributed by atoms with Gasteiger partial charge in [0.2, 0.25) is 0 Å². The Balaban J connectivity index is 1.34. The number of benzene rings is 2. The lowest BCUT2D eigenvalue weighted by Crippen LogP contribution is -2.47. The van der Waals surface area contributed by atoms with Crippen molar-refractivity contribution in [1.29, 1.82) is 0 Å². The number of pyridine rings is 1. The Morgan fingerprint density at radius 1 is 1.06 bits per heavy atom. The molecule has 2 aromatic heterocycles. The smallest absolute Gasteiger partial charge is 0.260 e. The SMILES string of the molecule is Cn1c(CN2CCC(N(C(=O)c3cccnc3)c3cccc(F)c3)CC2)cc2ccccc21. The normalized spacial score (nSPS) is 15.1. The Bertz CT molecular complexity index is 1260. The fraction of sp³-hybridized carbons (Fsp3) is 0.259. The molecule has 1 saturated heterocycles. The van der Waals surface area contributed by atoms with Gasteiger partial charge in [-0.25, -0.2) is 4.39 Å². The molecule has 3 heterocycles. The third-order valence-corrected chi connectivity index (χ3v) is 6.57. The Hall–Kier alpha value is -3.51. The lowest BCUT2D eigenvalue weighted by molar-refractivity contribution is 0.0958. The molecule has 33 heavy (non-hydrogen) atoms. The summed E-state index contributed by atoms with van der Waals surface area (Å²) in [5, 5.41) is 1.25. The molecule has 5 rings (SSSR count). The monoisotopic (exact) mass is 442 g/mol. The highest BCUT2D eigenvalue weighted by Gasteiger charge is 2.30. The molecule has 0 aliphatic carbocycles. The molecule has 0 N–H and O–H groups in total. The number of aryl methyl sites for hydroxylation is 1. The molecule has 6 heteroatoms. The zero-order valence-corrected chi connectivity index (χ0v) is 18.7. The molecule has 2 aromatic carbocycles.